The Morgan fingerprint density at radius 1 is 1.62 bits per heavy atom. The maximum atomic E-state index is 12.5. The van der Waals surface area contributed by atoms with Gasteiger partial charge in [-0.25, -0.2) is 4.98 Å². The van der Waals surface area contributed by atoms with E-state index in [0.717, 1.165) is 12.8 Å². The molecular formula is C16H19N3O2. The van der Waals surface area contributed by atoms with Crippen LogP contribution >= 0.6 is 0 Å². The summed E-state index contributed by atoms with van der Waals surface area (Å²) >= 11 is 0. The third kappa shape index (κ3) is 3.29. The first-order chi connectivity index (χ1) is 10.1. The van der Waals surface area contributed by atoms with Crippen LogP contribution < -0.4 is 0 Å². The van der Waals surface area contributed by atoms with Crippen molar-refractivity contribution in [3.05, 3.63) is 42.2 Å². The van der Waals surface area contributed by atoms with Gasteiger partial charge in [-0.2, -0.15) is 5.26 Å². The zero-order valence-corrected chi connectivity index (χ0v) is 12.0. The highest BCUT2D eigenvalue weighted by molar-refractivity contribution is 5.94. The first kappa shape index (κ1) is 15.2. The lowest BCUT2D eigenvalue weighted by molar-refractivity contribution is 0.0285. The molecule has 2 heterocycles. The quantitative estimate of drug-likeness (QED) is 0.855. The lowest BCUT2D eigenvalue weighted by Crippen LogP contribution is -2.47. The van der Waals surface area contributed by atoms with Gasteiger partial charge in [0.15, 0.2) is 0 Å². The van der Waals surface area contributed by atoms with Crippen LogP contribution in [0.15, 0.2) is 31.0 Å². The summed E-state index contributed by atoms with van der Waals surface area (Å²) in [5, 5.41) is 18.4. The number of carbonyl (C=O) groups is 1. The number of likely N-dealkylation sites (tertiary alicyclic amines) is 1. The second-order valence-corrected chi connectivity index (χ2v) is 5.53. The van der Waals surface area contributed by atoms with Crippen LogP contribution in [-0.2, 0) is 0 Å². The topological polar surface area (TPSA) is 77.2 Å². The Morgan fingerprint density at radius 3 is 3.00 bits per heavy atom. The average molecular weight is 285 g/mol. The molecular weight excluding hydrogens is 266 g/mol. The van der Waals surface area contributed by atoms with Crippen molar-refractivity contribution < 1.29 is 9.90 Å². The number of hydrogen-bond acceptors (Lipinski definition) is 4. The molecule has 1 aromatic heterocycles. The number of nitriles is 1. The molecule has 1 atom stereocenters. The Kier molecular flexibility index (Phi) is 4.71. The molecule has 5 heteroatoms. The molecule has 1 saturated heterocycles. The zero-order valence-electron chi connectivity index (χ0n) is 12.0. The molecule has 0 spiro atoms. The van der Waals surface area contributed by atoms with Crippen LogP contribution in [0.25, 0.3) is 0 Å². The third-order valence-electron chi connectivity index (χ3n) is 3.99. The number of aromatic nitrogens is 1. The number of carbonyl (C=O) groups excluding carboxylic acids is 1. The third-order valence-corrected chi connectivity index (χ3v) is 3.99. The summed E-state index contributed by atoms with van der Waals surface area (Å²) in [6.07, 6.45) is 5.69. The van der Waals surface area contributed by atoms with Gasteiger partial charge in [-0.1, -0.05) is 6.08 Å². The van der Waals surface area contributed by atoms with Crippen LogP contribution in [0.1, 0.15) is 35.3 Å². The molecule has 110 valence electrons. The minimum Gasteiger partial charge on any atom is -0.396 e. The van der Waals surface area contributed by atoms with E-state index in [0.29, 0.717) is 30.8 Å². The number of hydrogen-bond donors (Lipinski definition) is 1. The Bertz CT molecular complexity index is 562. The van der Waals surface area contributed by atoms with E-state index in [1.165, 1.54) is 6.20 Å². The monoisotopic (exact) mass is 285 g/mol. The van der Waals surface area contributed by atoms with Crippen molar-refractivity contribution in [1.82, 2.24) is 9.88 Å². The lowest BCUT2D eigenvalue weighted by atomic mass is 9.77. The number of pyridine rings is 1. The van der Waals surface area contributed by atoms with Crippen molar-refractivity contribution in [2.75, 3.05) is 19.7 Å². The molecule has 21 heavy (non-hydrogen) atoms. The van der Waals surface area contributed by atoms with Gasteiger partial charge in [0.05, 0.1) is 12.2 Å². The number of aliphatic hydroxyl groups excluding tert-OH is 1. The summed E-state index contributed by atoms with van der Waals surface area (Å²) in [6.45, 7) is 4.99. The minimum atomic E-state index is -0.282. The van der Waals surface area contributed by atoms with Crippen LogP contribution in [0.3, 0.4) is 0 Å². The molecule has 1 unspecified atom stereocenters. The van der Waals surface area contributed by atoms with E-state index in [-0.39, 0.29) is 17.9 Å². The largest absolute Gasteiger partial charge is 0.396 e. The molecule has 0 aliphatic carbocycles. The number of nitrogens with zero attached hydrogens (tertiary/aromatic N) is 3. The van der Waals surface area contributed by atoms with Crippen molar-refractivity contribution in [1.29, 1.82) is 5.26 Å². The molecule has 1 amide bonds. The molecule has 0 aromatic carbocycles. The van der Waals surface area contributed by atoms with Crippen molar-refractivity contribution in [2.24, 2.45) is 5.41 Å². The highest BCUT2D eigenvalue weighted by Crippen LogP contribution is 2.33. The predicted octanol–water partition coefficient (Wildman–Crippen LogP) is 1.74. The fourth-order valence-corrected chi connectivity index (χ4v) is 2.82. The maximum Gasteiger partial charge on any atom is 0.255 e. The van der Waals surface area contributed by atoms with Crippen LogP contribution in [0.2, 0.25) is 0 Å². The van der Waals surface area contributed by atoms with Gasteiger partial charge >= 0.3 is 0 Å². The predicted molar refractivity (Wildman–Crippen MR) is 78.4 cm³/mol. The van der Waals surface area contributed by atoms with Gasteiger partial charge in [0.1, 0.15) is 11.8 Å². The molecule has 1 aliphatic rings. The van der Waals surface area contributed by atoms with E-state index in [2.05, 4.69) is 11.6 Å². The van der Waals surface area contributed by atoms with Crippen LogP contribution in [-0.4, -0.2) is 40.6 Å². The second-order valence-electron chi connectivity index (χ2n) is 5.53. The van der Waals surface area contributed by atoms with Gasteiger partial charge in [0, 0.05) is 24.7 Å². The minimum absolute atomic E-state index is 0.0500. The molecule has 0 saturated carbocycles. The van der Waals surface area contributed by atoms with Gasteiger partial charge in [0.25, 0.3) is 5.91 Å². The van der Waals surface area contributed by atoms with Crippen molar-refractivity contribution in [2.45, 2.75) is 19.3 Å². The normalized spacial score (nSPS) is 21.6. The van der Waals surface area contributed by atoms with E-state index in [9.17, 15) is 9.90 Å². The van der Waals surface area contributed by atoms with Gasteiger partial charge in [-0.05, 0) is 31.4 Å². The summed E-state index contributed by atoms with van der Waals surface area (Å²) in [7, 11) is 0. The van der Waals surface area contributed by atoms with Gasteiger partial charge in [-0.3, -0.25) is 4.79 Å². The molecule has 0 radical (unpaired) electrons. The van der Waals surface area contributed by atoms with E-state index in [1.54, 1.807) is 23.1 Å². The standard InChI is InChI=1S/C16H19N3O2/c1-2-6-16(12-20)7-3-8-19(11-16)15(21)13-4-5-14(9-17)18-10-13/h2,4-5,10,20H,1,3,6-8,11-12H2. The van der Waals surface area contributed by atoms with Crippen molar-refractivity contribution >= 4 is 5.91 Å². The average Bonchev–Trinajstić information content (AvgIpc) is 2.55. The first-order valence-corrected chi connectivity index (χ1v) is 7.01. The smallest absolute Gasteiger partial charge is 0.255 e. The number of piperidine rings is 1. The molecule has 1 aromatic rings. The highest BCUT2D eigenvalue weighted by atomic mass is 16.3. The first-order valence-electron chi connectivity index (χ1n) is 7.01. The summed E-state index contributed by atoms with van der Waals surface area (Å²) < 4.78 is 0. The van der Waals surface area contributed by atoms with Crippen molar-refractivity contribution in [3.8, 4) is 6.07 Å². The number of rotatable bonds is 4. The van der Waals surface area contributed by atoms with Crippen molar-refractivity contribution in [3.63, 3.8) is 0 Å². The molecule has 2 rings (SSSR count). The Morgan fingerprint density at radius 2 is 2.43 bits per heavy atom. The van der Waals surface area contributed by atoms with Crippen LogP contribution in [0.5, 0.6) is 0 Å². The van der Waals surface area contributed by atoms with Gasteiger partial charge in [-0.15, -0.1) is 6.58 Å². The Balaban J connectivity index is 2.14. The molecule has 1 N–H and O–H groups in total. The maximum absolute atomic E-state index is 12.5. The number of aliphatic hydroxyl groups is 1. The lowest BCUT2D eigenvalue weighted by Gasteiger charge is -2.41. The summed E-state index contributed by atoms with van der Waals surface area (Å²) in [4.78, 5) is 18.2. The number of amides is 1. The second kappa shape index (κ2) is 6.51. The molecule has 5 nitrogen and oxygen atoms in total. The molecule has 1 aliphatic heterocycles. The SMILES string of the molecule is C=CCC1(CO)CCCN(C(=O)c2ccc(C#N)nc2)C1. The van der Waals surface area contributed by atoms with Crippen LogP contribution in [0, 0.1) is 16.7 Å². The summed E-state index contributed by atoms with van der Waals surface area (Å²) in [5.41, 5.74) is 0.485. The zero-order chi connectivity index (χ0) is 15.3. The van der Waals surface area contributed by atoms with E-state index < -0.39 is 0 Å². The van der Waals surface area contributed by atoms with Crippen LogP contribution in [0.4, 0.5) is 0 Å². The number of allylic oxidation sites excluding steroid dienone is 1. The van der Waals surface area contributed by atoms with E-state index >= 15 is 0 Å². The molecule has 1 fully saturated rings. The van der Waals surface area contributed by atoms with E-state index in [4.69, 9.17) is 5.26 Å². The fourth-order valence-electron chi connectivity index (χ4n) is 2.82. The van der Waals surface area contributed by atoms with E-state index in [1.807, 2.05) is 6.07 Å². The fraction of sp³-hybridized carbons (Fsp3) is 0.438. The summed E-state index contributed by atoms with van der Waals surface area (Å²) in [5.74, 6) is -0.103. The Hall–Kier alpha value is -2.19. The van der Waals surface area contributed by atoms with Gasteiger partial charge < -0.3 is 10.0 Å². The van der Waals surface area contributed by atoms with Gasteiger partial charge in [0.2, 0.25) is 0 Å². The summed E-state index contributed by atoms with van der Waals surface area (Å²) in [6, 6.07) is 5.09. The Labute approximate surface area is 124 Å². The highest BCUT2D eigenvalue weighted by Gasteiger charge is 2.35. The molecule has 0 bridgehead atoms.